The van der Waals surface area contributed by atoms with Crippen molar-refractivity contribution in [3.8, 4) is 56.4 Å². The van der Waals surface area contributed by atoms with Gasteiger partial charge in [0.25, 0.3) is 0 Å². The molecule has 1 aliphatic rings. The van der Waals surface area contributed by atoms with E-state index in [1.54, 1.807) is 0 Å². The summed E-state index contributed by atoms with van der Waals surface area (Å²) in [5.74, 6) is -4.83. The molecule has 0 amide bonds. The number of rotatable bonds is 5. The molecule has 5 nitrogen and oxygen atoms in total. The van der Waals surface area contributed by atoms with E-state index in [9.17, 15) is 15.1 Å². The van der Waals surface area contributed by atoms with Crippen molar-refractivity contribution in [3.63, 3.8) is 0 Å². The van der Waals surface area contributed by atoms with Gasteiger partial charge in [-0.05, 0) is 63.6 Å². The van der Waals surface area contributed by atoms with Crippen molar-refractivity contribution >= 4 is 43.9 Å². The van der Waals surface area contributed by atoms with Gasteiger partial charge in [-0.25, -0.2) is 15.0 Å². The van der Waals surface area contributed by atoms with E-state index in [0.29, 0.717) is 0 Å². The molecule has 0 aliphatic heterocycles. The Kier molecular flexibility index (Phi) is 3.09. The monoisotopic (exact) mass is 759 g/mol. The lowest BCUT2D eigenvalue weighted by atomic mass is 9.88. The van der Waals surface area contributed by atoms with E-state index >= 15 is 0 Å². The maximum absolute atomic E-state index is 10.1. The van der Waals surface area contributed by atoms with E-state index in [4.69, 9.17) is 34.9 Å². The molecule has 0 saturated heterocycles. The first-order valence-corrected chi connectivity index (χ1v) is 16.8. The average molecular weight is 760 g/mol. The summed E-state index contributed by atoms with van der Waals surface area (Å²) >= 11 is 0. The summed E-state index contributed by atoms with van der Waals surface area (Å²) in [6, 6.07) is -26.7. The summed E-state index contributed by atoms with van der Waals surface area (Å²) in [5, 5.41) is -1.68. The van der Waals surface area contributed by atoms with E-state index in [1.165, 1.54) is 0 Å². The van der Waals surface area contributed by atoms with Crippen LogP contribution in [0.5, 0.6) is 0 Å². The highest BCUT2D eigenvalue weighted by molar-refractivity contribution is 6.12. The van der Waals surface area contributed by atoms with Crippen LogP contribution < -0.4 is 0 Å². The number of para-hydroxylation sites is 3. The quantitative estimate of drug-likeness (QED) is 0.175. The van der Waals surface area contributed by atoms with Crippen molar-refractivity contribution < 1.29 is 50.0 Å². The number of benzene rings is 8. The van der Waals surface area contributed by atoms with Gasteiger partial charge in [0.1, 0.15) is 22.3 Å². The predicted octanol–water partition coefficient (Wildman–Crippen LogP) is 13.5. The molecule has 3 heterocycles. The molecular formula is C52H31N3O2. The van der Waals surface area contributed by atoms with Gasteiger partial charge in [0.15, 0.2) is 17.5 Å². The van der Waals surface area contributed by atoms with Gasteiger partial charge in [0, 0.05) is 44.2 Å². The topological polar surface area (TPSA) is 65.0 Å². The summed E-state index contributed by atoms with van der Waals surface area (Å²) in [6.07, 6.45) is 0. The van der Waals surface area contributed by atoms with Crippen molar-refractivity contribution in [1.82, 2.24) is 15.0 Å². The minimum absolute atomic E-state index is 0.364. The molecule has 0 fully saturated rings. The van der Waals surface area contributed by atoms with Crippen LogP contribution in [0.2, 0.25) is 0 Å². The summed E-state index contributed by atoms with van der Waals surface area (Å²) in [4.78, 5) is 13.4. The highest BCUT2D eigenvalue weighted by atomic mass is 16.3. The Hall–Kier alpha value is -7.63. The third kappa shape index (κ3) is 4.99. The Morgan fingerprint density at radius 1 is 0.386 bits per heavy atom. The van der Waals surface area contributed by atoms with E-state index < -0.39 is 288 Å². The molecule has 3 aromatic heterocycles. The van der Waals surface area contributed by atoms with E-state index in [1.807, 2.05) is 0 Å². The number of furan rings is 2. The maximum atomic E-state index is 10.1. The van der Waals surface area contributed by atoms with E-state index in [2.05, 4.69) is 15.0 Å². The molecule has 0 saturated carbocycles. The van der Waals surface area contributed by atoms with Crippen molar-refractivity contribution in [1.29, 1.82) is 0 Å². The third-order valence-electron chi connectivity index (χ3n) is 9.25. The van der Waals surface area contributed by atoms with Gasteiger partial charge in [-0.1, -0.05) is 151 Å². The van der Waals surface area contributed by atoms with Gasteiger partial charge in [-0.2, -0.15) is 0 Å². The van der Waals surface area contributed by atoms with Crippen LogP contribution in [0.4, 0.5) is 0 Å². The zero-order valence-corrected chi connectivity index (χ0v) is 28.2. The first kappa shape index (κ1) is 14.1. The highest BCUT2D eigenvalue weighted by Gasteiger charge is 2.33. The molecule has 0 bridgehead atoms. The van der Waals surface area contributed by atoms with Crippen LogP contribution >= 0.6 is 0 Å². The Balaban J connectivity index is 1.24. The third-order valence-corrected chi connectivity index (χ3v) is 9.25. The number of aromatic nitrogens is 3. The summed E-state index contributed by atoms with van der Waals surface area (Å²) in [7, 11) is 0. The lowest BCUT2D eigenvalue weighted by Crippen LogP contribution is -2.02. The number of hydrogen-bond donors (Lipinski definition) is 0. The van der Waals surface area contributed by atoms with Gasteiger partial charge < -0.3 is 8.83 Å². The van der Waals surface area contributed by atoms with Crippen molar-refractivity contribution in [2.45, 2.75) is 5.92 Å². The first-order chi connectivity index (χ1) is 40.7. The average Bonchev–Trinajstić information content (AvgIpc) is 1.55. The number of hydrogen-bond acceptors (Lipinski definition) is 5. The molecule has 8 aromatic carbocycles. The van der Waals surface area contributed by atoms with Crippen LogP contribution in [-0.2, 0) is 0 Å². The zero-order valence-electron chi connectivity index (χ0n) is 58.2. The number of fused-ring (bicyclic) bond motifs is 10. The van der Waals surface area contributed by atoms with Crippen molar-refractivity contribution in [2.75, 3.05) is 0 Å². The SMILES string of the molecule is [2H]c1c([2H])c([2H])c(-c2c([2H])c([2H])c([2H])c(-c3nc(-c4c([2H])c([2H])c([2H])c(C5c6c([2H])c([2H])c([2H])c([2H])c6-c6c5c([2H])c([2H])c5c6oc6c([2H])c([2H])c([2H])c([2H])c65)c4[2H])nc(-c4c([2H])c([2H])c([2H])c5c4oc4c([2H])c([2H])c([2H])c([2H])c45)n3)c2[2H])c([2H])c1[2H]. The Morgan fingerprint density at radius 3 is 1.75 bits per heavy atom. The fourth-order valence-electron chi connectivity index (χ4n) is 6.83. The minimum Gasteiger partial charge on any atom is -0.455 e. The molecule has 0 radical (unpaired) electrons. The second kappa shape index (κ2) is 12.4. The standard InChI is InChI=1S/C52H31N3O2/c1-2-13-31(14-3-1)32-15-10-17-34(29-32)50-53-51(55-52(54-50)43-24-12-23-40-36-19-6-8-25-44(36)56-48(40)43)35-18-11-16-33(30-35)46-38-21-4-5-22-39(38)47-42(46)28-27-41-37-20-7-9-26-45(37)57-49(41)47/h1-30,46H/i1D,2D,3D,4D,5D,6D,7D,8D,9D,10D,11D,12D,13D,14D,15D,16D,17D,18D,19D,20D,21D,22D,23D,24D,25D,26D,27D,28D,29D,30D. The van der Waals surface area contributed by atoms with Crippen LogP contribution in [0, 0.1) is 0 Å². The lowest BCUT2D eigenvalue weighted by Gasteiger charge is -2.16. The van der Waals surface area contributed by atoms with E-state index in [0.717, 1.165) is 0 Å². The molecule has 5 heteroatoms. The van der Waals surface area contributed by atoms with E-state index in [-0.39, 0.29) is 16.3 Å². The van der Waals surface area contributed by atoms with Crippen LogP contribution in [0.3, 0.4) is 0 Å². The molecule has 0 spiro atoms. The largest absolute Gasteiger partial charge is 0.455 e. The molecular weight excluding hydrogens is 699 g/mol. The summed E-state index contributed by atoms with van der Waals surface area (Å²) in [5.41, 5.74) is -8.84. The molecule has 1 unspecified atom stereocenters. The van der Waals surface area contributed by atoms with Crippen molar-refractivity contribution in [3.05, 3.63) is 198 Å². The second-order valence-corrected chi connectivity index (χ2v) is 12.4. The lowest BCUT2D eigenvalue weighted by molar-refractivity contribution is 0.669. The molecule has 266 valence electrons. The minimum atomic E-state index is -1.98. The molecule has 1 atom stereocenters. The van der Waals surface area contributed by atoms with Gasteiger partial charge in [-0.3, -0.25) is 0 Å². The molecule has 1 aliphatic carbocycles. The van der Waals surface area contributed by atoms with Gasteiger partial charge in [-0.15, -0.1) is 0 Å². The van der Waals surface area contributed by atoms with Gasteiger partial charge in [0.2, 0.25) is 0 Å². The molecule has 57 heavy (non-hydrogen) atoms. The first-order valence-electron chi connectivity index (χ1n) is 31.8. The van der Waals surface area contributed by atoms with Crippen molar-refractivity contribution in [2.24, 2.45) is 0 Å². The van der Waals surface area contributed by atoms with Crippen LogP contribution in [0.25, 0.3) is 100 Å². The summed E-state index contributed by atoms with van der Waals surface area (Å²) in [6.45, 7) is 0. The van der Waals surface area contributed by atoms with Gasteiger partial charge in [0.05, 0.1) is 46.7 Å². The number of nitrogens with zero attached hydrogens (tertiary/aromatic N) is 3. The smallest absolute Gasteiger partial charge is 0.167 e. The normalized spacial score (nSPS) is 20.8. The van der Waals surface area contributed by atoms with Crippen LogP contribution in [-0.4, -0.2) is 15.0 Å². The van der Waals surface area contributed by atoms with Crippen LogP contribution in [0.15, 0.2) is 190 Å². The van der Waals surface area contributed by atoms with Gasteiger partial charge >= 0.3 is 0 Å². The Bertz CT molecular complexity index is 5110. The Morgan fingerprint density at radius 2 is 0.947 bits per heavy atom. The molecule has 12 rings (SSSR count). The molecule has 11 aromatic rings. The fourth-order valence-corrected chi connectivity index (χ4v) is 6.83. The highest BCUT2D eigenvalue weighted by Crippen LogP contribution is 2.52. The molecule has 0 N–H and O–H groups in total. The predicted molar refractivity (Wildman–Crippen MR) is 229 cm³/mol. The Labute approximate surface area is 369 Å². The summed E-state index contributed by atoms with van der Waals surface area (Å²) < 4.78 is 281. The maximum Gasteiger partial charge on any atom is 0.167 e. The zero-order chi connectivity index (χ0) is 63.6. The van der Waals surface area contributed by atoms with Crippen LogP contribution in [0.1, 0.15) is 63.7 Å². The fraction of sp³-hybridized carbons (Fsp3) is 0.0192. The second-order valence-electron chi connectivity index (χ2n) is 12.4.